The van der Waals surface area contributed by atoms with E-state index in [0.29, 0.717) is 11.0 Å². The predicted octanol–water partition coefficient (Wildman–Crippen LogP) is 3.10. The minimum Gasteiger partial charge on any atom is -0.308 e. The Morgan fingerprint density at radius 2 is 1.85 bits per heavy atom. The van der Waals surface area contributed by atoms with Crippen molar-refractivity contribution in [1.82, 2.24) is 5.32 Å². The second-order valence-electron chi connectivity index (χ2n) is 5.51. The Morgan fingerprint density at radius 3 is 2.15 bits per heavy atom. The van der Waals surface area contributed by atoms with Crippen LogP contribution < -0.4 is 5.32 Å². The average molecular weight is 181 g/mol. The summed E-state index contributed by atoms with van der Waals surface area (Å²) in [7, 11) is 0. The highest BCUT2D eigenvalue weighted by Crippen LogP contribution is 2.49. The Balaban J connectivity index is 1.88. The molecular weight excluding hydrogens is 158 g/mol. The normalized spacial score (nSPS) is 30.7. The lowest BCUT2D eigenvalue weighted by molar-refractivity contribution is 0.140. The first kappa shape index (κ1) is 9.51. The van der Waals surface area contributed by atoms with Crippen molar-refractivity contribution >= 4 is 0 Å². The summed E-state index contributed by atoms with van der Waals surface area (Å²) in [4.78, 5) is 0. The largest absolute Gasteiger partial charge is 0.308 e. The molecule has 1 nitrogen and oxygen atoms in total. The molecular formula is C12H23N. The van der Waals surface area contributed by atoms with Crippen LogP contribution in [0, 0.1) is 5.41 Å². The molecule has 0 bridgehead atoms. The summed E-state index contributed by atoms with van der Waals surface area (Å²) in [5.74, 6) is 0. The van der Waals surface area contributed by atoms with Crippen molar-refractivity contribution in [2.45, 2.75) is 70.9 Å². The summed E-state index contributed by atoms with van der Waals surface area (Å²) in [5, 5.41) is 3.88. The molecule has 1 heteroatoms. The number of hydrogen-bond acceptors (Lipinski definition) is 1. The zero-order valence-corrected chi connectivity index (χ0v) is 9.32. The smallest absolute Gasteiger partial charge is 0.0181 e. The van der Waals surface area contributed by atoms with Crippen LogP contribution in [0.2, 0.25) is 0 Å². The maximum Gasteiger partial charge on any atom is 0.0181 e. The van der Waals surface area contributed by atoms with E-state index in [9.17, 15) is 0 Å². The molecule has 1 unspecified atom stereocenters. The van der Waals surface area contributed by atoms with Gasteiger partial charge in [-0.1, -0.05) is 13.8 Å². The van der Waals surface area contributed by atoms with Gasteiger partial charge in [0.1, 0.15) is 0 Å². The Labute approximate surface area is 82.3 Å². The molecule has 0 aromatic heterocycles. The van der Waals surface area contributed by atoms with Gasteiger partial charge in [0.15, 0.2) is 0 Å². The molecule has 2 fully saturated rings. The van der Waals surface area contributed by atoms with Crippen LogP contribution in [0.5, 0.6) is 0 Å². The quantitative estimate of drug-likeness (QED) is 0.702. The molecule has 2 rings (SSSR count). The maximum absolute atomic E-state index is 3.88. The molecule has 0 amide bonds. The molecule has 2 aliphatic carbocycles. The summed E-state index contributed by atoms with van der Waals surface area (Å²) < 4.78 is 0. The van der Waals surface area contributed by atoms with E-state index >= 15 is 0 Å². The third kappa shape index (κ3) is 1.63. The second kappa shape index (κ2) is 2.98. The Bertz CT molecular complexity index is 184. The van der Waals surface area contributed by atoms with Crippen molar-refractivity contribution in [3.63, 3.8) is 0 Å². The van der Waals surface area contributed by atoms with Gasteiger partial charge in [-0.3, -0.25) is 0 Å². The first-order valence-corrected chi connectivity index (χ1v) is 5.88. The van der Waals surface area contributed by atoms with E-state index in [1.165, 1.54) is 38.5 Å². The van der Waals surface area contributed by atoms with Crippen molar-refractivity contribution in [2.24, 2.45) is 5.41 Å². The molecule has 0 heterocycles. The highest BCUT2D eigenvalue weighted by Gasteiger charge is 2.46. The van der Waals surface area contributed by atoms with Gasteiger partial charge in [0, 0.05) is 11.6 Å². The van der Waals surface area contributed by atoms with E-state index in [1.807, 2.05) is 0 Å². The lowest BCUT2D eigenvalue weighted by Gasteiger charge is -2.45. The van der Waals surface area contributed by atoms with Crippen molar-refractivity contribution in [2.75, 3.05) is 0 Å². The van der Waals surface area contributed by atoms with E-state index in [4.69, 9.17) is 0 Å². The van der Waals surface area contributed by atoms with Gasteiger partial charge in [0.05, 0.1) is 0 Å². The lowest BCUT2D eigenvalue weighted by Crippen LogP contribution is -2.55. The van der Waals surface area contributed by atoms with Gasteiger partial charge in [-0.25, -0.2) is 0 Å². The van der Waals surface area contributed by atoms with Crippen LogP contribution in [0.1, 0.15) is 59.3 Å². The fourth-order valence-corrected chi connectivity index (χ4v) is 2.47. The van der Waals surface area contributed by atoms with Crippen molar-refractivity contribution in [1.29, 1.82) is 0 Å². The summed E-state index contributed by atoms with van der Waals surface area (Å²) in [5.41, 5.74) is 1.17. The van der Waals surface area contributed by atoms with Crippen molar-refractivity contribution < 1.29 is 0 Å². The van der Waals surface area contributed by atoms with Gasteiger partial charge in [0.2, 0.25) is 0 Å². The number of nitrogens with one attached hydrogen (secondary N) is 1. The minimum atomic E-state index is 0.533. The topological polar surface area (TPSA) is 12.0 Å². The Kier molecular flexibility index (Phi) is 2.18. The Hall–Kier alpha value is -0.0400. The fourth-order valence-electron chi connectivity index (χ4n) is 2.47. The third-order valence-electron chi connectivity index (χ3n) is 4.59. The molecule has 1 N–H and O–H groups in total. The van der Waals surface area contributed by atoms with Crippen LogP contribution in [0.3, 0.4) is 0 Å². The zero-order valence-electron chi connectivity index (χ0n) is 9.32. The molecule has 0 radical (unpaired) electrons. The lowest BCUT2D eigenvalue weighted by atomic mass is 9.74. The second-order valence-corrected chi connectivity index (χ2v) is 5.51. The highest BCUT2D eigenvalue weighted by molar-refractivity contribution is 5.03. The van der Waals surface area contributed by atoms with Gasteiger partial charge >= 0.3 is 0 Å². The summed E-state index contributed by atoms with van der Waals surface area (Å²) in [6, 6.07) is 0.729. The van der Waals surface area contributed by atoms with Crippen LogP contribution in [0.25, 0.3) is 0 Å². The van der Waals surface area contributed by atoms with Crippen LogP contribution in [0.15, 0.2) is 0 Å². The van der Waals surface area contributed by atoms with E-state index in [0.717, 1.165) is 6.04 Å². The standard InChI is InChI=1S/C12H23N/c1-4-12(6-5-7-12)13-10(2)11(3)8-9-11/h10,13H,4-9H2,1-3H3. The molecule has 0 aromatic rings. The van der Waals surface area contributed by atoms with Crippen molar-refractivity contribution in [3.05, 3.63) is 0 Å². The molecule has 1 atom stereocenters. The number of rotatable bonds is 4. The summed E-state index contributed by atoms with van der Waals surface area (Å²) in [6.45, 7) is 7.13. The average Bonchev–Trinajstić information content (AvgIpc) is 2.77. The first-order valence-electron chi connectivity index (χ1n) is 5.88. The molecule has 2 saturated carbocycles. The SMILES string of the molecule is CCC1(NC(C)C2(C)CC2)CCC1. The van der Waals surface area contributed by atoms with Gasteiger partial charge in [0.25, 0.3) is 0 Å². The van der Waals surface area contributed by atoms with E-state index in [1.54, 1.807) is 0 Å². The number of hydrogen-bond donors (Lipinski definition) is 1. The minimum absolute atomic E-state index is 0.533. The van der Waals surface area contributed by atoms with E-state index in [-0.39, 0.29) is 0 Å². The molecule has 0 spiro atoms. The predicted molar refractivity (Wildman–Crippen MR) is 56.8 cm³/mol. The third-order valence-corrected chi connectivity index (χ3v) is 4.59. The fraction of sp³-hybridized carbons (Fsp3) is 1.00. The van der Waals surface area contributed by atoms with Crippen LogP contribution in [-0.2, 0) is 0 Å². The first-order chi connectivity index (χ1) is 6.10. The van der Waals surface area contributed by atoms with Gasteiger partial charge in [-0.15, -0.1) is 0 Å². The van der Waals surface area contributed by atoms with Crippen LogP contribution in [-0.4, -0.2) is 11.6 Å². The maximum atomic E-state index is 3.88. The Morgan fingerprint density at radius 1 is 1.23 bits per heavy atom. The molecule has 0 aromatic carbocycles. The molecule has 76 valence electrons. The van der Waals surface area contributed by atoms with Crippen LogP contribution >= 0.6 is 0 Å². The van der Waals surface area contributed by atoms with Crippen LogP contribution in [0.4, 0.5) is 0 Å². The van der Waals surface area contributed by atoms with E-state index < -0.39 is 0 Å². The van der Waals surface area contributed by atoms with Gasteiger partial charge < -0.3 is 5.32 Å². The molecule has 13 heavy (non-hydrogen) atoms. The molecule has 2 aliphatic rings. The van der Waals surface area contributed by atoms with Gasteiger partial charge in [-0.2, -0.15) is 0 Å². The van der Waals surface area contributed by atoms with Gasteiger partial charge in [-0.05, 0) is 50.9 Å². The zero-order chi connectivity index (χ0) is 9.53. The summed E-state index contributed by atoms with van der Waals surface area (Å²) in [6.07, 6.45) is 8.42. The highest BCUT2D eigenvalue weighted by atomic mass is 15.0. The molecule has 0 saturated heterocycles. The molecule has 0 aliphatic heterocycles. The van der Waals surface area contributed by atoms with Crippen molar-refractivity contribution in [3.8, 4) is 0 Å². The van der Waals surface area contributed by atoms with E-state index in [2.05, 4.69) is 26.1 Å². The summed E-state index contributed by atoms with van der Waals surface area (Å²) >= 11 is 0. The monoisotopic (exact) mass is 181 g/mol.